The number of carbonyl (C=O) groups is 2. The zero-order chi connectivity index (χ0) is 27.1. The number of benzene rings is 3. The van der Waals surface area contributed by atoms with Crippen molar-refractivity contribution in [1.29, 1.82) is 0 Å². The van der Waals surface area contributed by atoms with Crippen molar-refractivity contribution in [3.05, 3.63) is 76.0 Å². The van der Waals surface area contributed by atoms with Crippen LogP contribution in [0.2, 0.25) is 10.0 Å². The Labute approximate surface area is 221 Å². The lowest BCUT2D eigenvalue weighted by atomic mass is 10.0. The molecule has 0 aromatic heterocycles. The Bertz CT molecular complexity index is 1460. The minimum Gasteiger partial charge on any atom is -0.326 e. The summed E-state index contributed by atoms with van der Waals surface area (Å²) in [6, 6.07) is 8.72. The molecule has 2 N–H and O–H groups in total. The van der Waals surface area contributed by atoms with Gasteiger partial charge in [-0.25, -0.2) is 18.0 Å². The highest BCUT2D eigenvalue weighted by molar-refractivity contribution is 7.70. The van der Waals surface area contributed by atoms with Gasteiger partial charge in [-0.15, -0.1) is 0 Å². The van der Waals surface area contributed by atoms with Gasteiger partial charge in [0.15, 0.2) is 5.82 Å². The summed E-state index contributed by atoms with van der Waals surface area (Å²) in [7, 11) is -3.09. The lowest BCUT2D eigenvalue weighted by molar-refractivity contribution is -0.118. The van der Waals surface area contributed by atoms with Crippen molar-refractivity contribution >= 4 is 59.0 Å². The van der Waals surface area contributed by atoms with Gasteiger partial charge in [-0.1, -0.05) is 41.4 Å². The first-order valence-corrected chi connectivity index (χ1v) is 14.4. The number of anilines is 2. The first-order valence-electron chi connectivity index (χ1n) is 11.0. The number of carbonyl (C=O) groups excluding carboxylic acids is 2. The molecule has 0 saturated carbocycles. The molecule has 0 spiro atoms. The first-order chi connectivity index (χ1) is 17.4. The van der Waals surface area contributed by atoms with E-state index >= 15 is 4.39 Å². The average Bonchev–Trinajstić information content (AvgIpc) is 3.16. The molecule has 3 amide bonds. The van der Waals surface area contributed by atoms with Crippen molar-refractivity contribution < 1.29 is 27.3 Å². The minimum absolute atomic E-state index is 0.0475. The third-order valence-corrected chi connectivity index (χ3v) is 7.99. The highest BCUT2D eigenvalue weighted by atomic mass is 35.5. The molecule has 37 heavy (non-hydrogen) atoms. The number of amides is 3. The van der Waals surface area contributed by atoms with Gasteiger partial charge in [0, 0.05) is 17.1 Å². The number of urea groups is 1. The maximum absolute atomic E-state index is 15.4. The maximum Gasteiger partial charge on any atom is 0.319 e. The van der Waals surface area contributed by atoms with Crippen LogP contribution in [0.25, 0.3) is 11.1 Å². The van der Waals surface area contributed by atoms with E-state index in [1.54, 1.807) is 0 Å². The van der Waals surface area contributed by atoms with Crippen LogP contribution in [0, 0.1) is 17.5 Å². The van der Waals surface area contributed by atoms with Gasteiger partial charge in [0.1, 0.15) is 24.8 Å². The third-order valence-electron chi connectivity index (χ3n) is 5.86. The van der Waals surface area contributed by atoms with Crippen molar-refractivity contribution in [3.63, 3.8) is 0 Å². The Morgan fingerprint density at radius 1 is 1.03 bits per heavy atom. The van der Waals surface area contributed by atoms with Gasteiger partial charge < -0.3 is 20.1 Å². The quantitative estimate of drug-likeness (QED) is 0.356. The van der Waals surface area contributed by atoms with E-state index in [9.17, 15) is 22.9 Å². The number of hydrogen-bond acceptors (Lipinski definition) is 3. The van der Waals surface area contributed by atoms with E-state index < -0.39 is 42.6 Å². The van der Waals surface area contributed by atoms with Crippen molar-refractivity contribution in [3.8, 4) is 11.1 Å². The second kappa shape index (κ2) is 10.4. The van der Waals surface area contributed by atoms with E-state index in [4.69, 9.17) is 23.2 Å². The molecule has 1 atom stereocenters. The van der Waals surface area contributed by atoms with Gasteiger partial charge in [0.05, 0.1) is 21.7 Å². The second-order valence-corrected chi connectivity index (χ2v) is 12.8. The van der Waals surface area contributed by atoms with E-state index in [2.05, 4.69) is 10.6 Å². The highest BCUT2D eigenvalue weighted by Gasteiger charge is 2.36. The van der Waals surface area contributed by atoms with Crippen LogP contribution in [0.15, 0.2) is 48.5 Å². The van der Waals surface area contributed by atoms with Crippen LogP contribution in [0.4, 0.5) is 29.3 Å². The zero-order valence-corrected chi connectivity index (χ0v) is 22.0. The van der Waals surface area contributed by atoms with Crippen molar-refractivity contribution in [2.75, 3.05) is 30.1 Å². The standard InChI is InChI=1S/C25H21Cl2F3N3O3P/c1-37(2,36)23-15(4-3-5-16(23)28)14-7-9-20(22(30)21(14)27)33-11-10-19(24(33)34)32-25(35)31-18-8-6-13(26)12-17(18)29/h3-9,12,19H,10-11H2,1-2H3,(H2,31,32,35)/t19-/m1/s1. The lowest BCUT2D eigenvalue weighted by Crippen LogP contribution is -2.43. The molecular formula is C25H21Cl2F3N3O3P. The molecular weight excluding hydrogens is 549 g/mol. The fraction of sp³-hybridized carbons (Fsp3) is 0.200. The molecule has 194 valence electrons. The van der Waals surface area contributed by atoms with Gasteiger partial charge >= 0.3 is 6.03 Å². The minimum atomic E-state index is -3.09. The predicted octanol–water partition coefficient (Wildman–Crippen LogP) is 6.25. The number of nitrogens with one attached hydrogen (secondary N) is 2. The van der Waals surface area contributed by atoms with Gasteiger partial charge in [0.2, 0.25) is 5.91 Å². The van der Waals surface area contributed by atoms with E-state index in [0.29, 0.717) is 0 Å². The SMILES string of the molecule is CP(C)(=O)c1c(F)cccc1-c1ccc(N2CC[C@@H](NC(=O)Nc3ccc(Cl)cc3F)C2=O)c(F)c1Cl. The normalized spacial score (nSPS) is 15.7. The summed E-state index contributed by atoms with van der Waals surface area (Å²) in [5.41, 5.74) is 0.0774. The lowest BCUT2D eigenvalue weighted by Gasteiger charge is -2.21. The summed E-state index contributed by atoms with van der Waals surface area (Å²) in [4.78, 5) is 26.4. The Balaban J connectivity index is 1.55. The molecule has 0 bridgehead atoms. The van der Waals surface area contributed by atoms with Crippen LogP contribution < -0.4 is 20.8 Å². The Morgan fingerprint density at radius 2 is 1.76 bits per heavy atom. The molecule has 1 aliphatic rings. The molecule has 3 aromatic carbocycles. The monoisotopic (exact) mass is 569 g/mol. The van der Waals surface area contributed by atoms with Gasteiger partial charge in [-0.2, -0.15) is 0 Å². The summed E-state index contributed by atoms with van der Waals surface area (Å²) < 4.78 is 56.6. The van der Waals surface area contributed by atoms with Crippen LogP contribution in [0.3, 0.4) is 0 Å². The van der Waals surface area contributed by atoms with Crippen molar-refractivity contribution in [2.45, 2.75) is 12.5 Å². The highest BCUT2D eigenvalue weighted by Crippen LogP contribution is 2.43. The molecule has 1 aliphatic heterocycles. The predicted molar refractivity (Wildman–Crippen MR) is 140 cm³/mol. The molecule has 1 fully saturated rings. The Hall–Kier alpha value is -3.00. The number of nitrogens with zero attached hydrogens (tertiary/aromatic N) is 1. The summed E-state index contributed by atoms with van der Waals surface area (Å²) >= 11 is 12.0. The second-order valence-electron chi connectivity index (χ2n) is 8.80. The average molecular weight is 570 g/mol. The van der Waals surface area contributed by atoms with E-state index in [-0.39, 0.29) is 50.8 Å². The smallest absolute Gasteiger partial charge is 0.319 e. The zero-order valence-electron chi connectivity index (χ0n) is 19.6. The molecule has 12 heteroatoms. The molecule has 6 nitrogen and oxygen atoms in total. The van der Waals surface area contributed by atoms with Crippen LogP contribution in [-0.4, -0.2) is 37.9 Å². The van der Waals surface area contributed by atoms with Crippen molar-refractivity contribution in [1.82, 2.24) is 5.32 Å². The van der Waals surface area contributed by atoms with Crippen LogP contribution >= 0.6 is 30.3 Å². The molecule has 1 heterocycles. The fourth-order valence-corrected chi connectivity index (χ4v) is 5.98. The van der Waals surface area contributed by atoms with Crippen LogP contribution in [0.5, 0.6) is 0 Å². The number of rotatable bonds is 5. The summed E-state index contributed by atoms with van der Waals surface area (Å²) in [6.45, 7) is 2.89. The van der Waals surface area contributed by atoms with Crippen molar-refractivity contribution in [2.24, 2.45) is 0 Å². The summed E-state index contributed by atoms with van der Waals surface area (Å²) in [5, 5.41) is 4.50. The molecule has 4 rings (SSSR count). The third kappa shape index (κ3) is 5.49. The molecule has 0 radical (unpaired) electrons. The number of hydrogen-bond donors (Lipinski definition) is 2. The van der Waals surface area contributed by atoms with Crippen LogP contribution in [0.1, 0.15) is 6.42 Å². The molecule has 0 aliphatic carbocycles. The summed E-state index contributed by atoms with van der Waals surface area (Å²) in [6.07, 6.45) is 0.164. The molecule has 1 saturated heterocycles. The van der Waals surface area contributed by atoms with E-state index in [1.165, 1.54) is 55.8 Å². The molecule has 3 aromatic rings. The summed E-state index contributed by atoms with van der Waals surface area (Å²) in [5.74, 6) is -2.94. The van der Waals surface area contributed by atoms with E-state index in [0.717, 1.165) is 11.0 Å². The maximum atomic E-state index is 15.4. The Morgan fingerprint density at radius 3 is 2.43 bits per heavy atom. The Kier molecular flexibility index (Phi) is 7.60. The fourth-order valence-electron chi connectivity index (χ4n) is 4.20. The first kappa shape index (κ1) is 27.0. The van der Waals surface area contributed by atoms with Gasteiger partial charge in [0.25, 0.3) is 0 Å². The molecule has 0 unspecified atom stereocenters. The topological polar surface area (TPSA) is 78.5 Å². The largest absolute Gasteiger partial charge is 0.326 e. The van der Waals surface area contributed by atoms with Gasteiger partial charge in [-0.3, -0.25) is 4.79 Å². The van der Waals surface area contributed by atoms with E-state index in [1.807, 2.05) is 0 Å². The van der Waals surface area contributed by atoms with Gasteiger partial charge in [-0.05, 0) is 55.6 Å². The number of halogens is 5. The van der Waals surface area contributed by atoms with Crippen LogP contribution in [-0.2, 0) is 9.36 Å².